The van der Waals surface area contributed by atoms with Crippen LogP contribution in [0, 0.1) is 12.8 Å². The van der Waals surface area contributed by atoms with Crippen molar-refractivity contribution in [2.75, 3.05) is 24.5 Å². The van der Waals surface area contributed by atoms with Gasteiger partial charge in [0.05, 0.1) is 5.92 Å². The first-order valence-electron chi connectivity index (χ1n) is 7.03. The largest absolute Gasteiger partial charge is 0.391 e. The van der Waals surface area contributed by atoms with E-state index in [1.165, 1.54) is 5.56 Å². The van der Waals surface area contributed by atoms with E-state index >= 15 is 0 Å². The molecule has 0 aromatic heterocycles. The summed E-state index contributed by atoms with van der Waals surface area (Å²) in [7, 11) is 0. The van der Waals surface area contributed by atoms with Gasteiger partial charge in [-0.2, -0.15) is 13.2 Å². The van der Waals surface area contributed by atoms with E-state index in [1.54, 1.807) is 0 Å². The molecule has 0 amide bonds. The maximum atomic E-state index is 12.7. The Balaban J connectivity index is 2.03. The Bertz CT molecular complexity index is 449. The van der Waals surface area contributed by atoms with Gasteiger partial charge in [-0.3, -0.25) is 0 Å². The first-order chi connectivity index (χ1) is 9.41. The van der Waals surface area contributed by atoms with Gasteiger partial charge in [-0.05, 0) is 49.9 Å². The van der Waals surface area contributed by atoms with Crippen LogP contribution in [-0.2, 0) is 6.42 Å². The van der Waals surface area contributed by atoms with Gasteiger partial charge in [-0.15, -0.1) is 0 Å². The molecule has 2 N–H and O–H groups in total. The first-order valence-corrected chi connectivity index (χ1v) is 7.03. The molecule has 5 heteroatoms. The van der Waals surface area contributed by atoms with Crippen molar-refractivity contribution >= 4 is 5.69 Å². The zero-order valence-corrected chi connectivity index (χ0v) is 11.7. The van der Waals surface area contributed by atoms with Crippen LogP contribution in [0.4, 0.5) is 18.9 Å². The van der Waals surface area contributed by atoms with Crippen molar-refractivity contribution in [3.05, 3.63) is 29.3 Å². The van der Waals surface area contributed by atoms with Gasteiger partial charge in [0, 0.05) is 18.8 Å². The Morgan fingerprint density at radius 2 is 1.90 bits per heavy atom. The lowest BCUT2D eigenvalue weighted by molar-refractivity contribution is -0.179. The molecule has 112 valence electrons. The zero-order chi connectivity index (χ0) is 14.8. The monoisotopic (exact) mass is 286 g/mol. The Kier molecular flexibility index (Phi) is 4.58. The predicted molar refractivity (Wildman–Crippen MR) is 74.9 cm³/mol. The summed E-state index contributed by atoms with van der Waals surface area (Å²) in [5, 5.41) is 0. The lowest BCUT2D eigenvalue weighted by atomic mass is 9.95. The molecule has 0 unspecified atom stereocenters. The molecule has 1 aromatic carbocycles. The minimum Gasteiger partial charge on any atom is -0.371 e. The molecule has 1 heterocycles. The second-order valence-electron chi connectivity index (χ2n) is 5.46. The van der Waals surface area contributed by atoms with Crippen molar-refractivity contribution in [3.63, 3.8) is 0 Å². The van der Waals surface area contributed by atoms with Gasteiger partial charge in [-0.1, -0.05) is 12.1 Å². The molecule has 0 radical (unpaired) electrons. The summed E-state index contributed by atoms with van der Waals surface area (Å²) in [6.07, 6.45) is -2.84. The van der Waals surface area contributed by atoms with Gasteiger partial charge in [0.2, 0.25) is 0 Å². The number of aryl methyl sites for hydroxylation is 1. The molecule has 0 atom stereocenters. The summed E-state index contributed by atoms with van der Waals surface area (Å²) in [4.78, 5) is 2.06. The van der Waals surface area contributed by atoms with Crippen LogP contribution in [0.2, 0.25) is 0 Å². The fourth-order valence-electron chi connectivity index (χ4n) is 2.84. The molecule has 1 aliphatic rings. The van der Waals surface area contributed by atoms with E-state index < -0.39 is 12.1 Å². The quantitative estimate of drug-likeness (QED) is 0.924. The third kappa shape index (κ3) is 3.45. The van der Waals surface area contributed by atoms with Crippen LogP contribution in [0.1, 0.15) is 24.0 Å². The van der Waals surface area contributed by atoms with E-state index in [1.807, 2.05) is 19.1 Å². The van der Waals surface area contributed by atoms with Gasteiger partial charge in [0.25, 0.3) is 0 Å². The maximum Gasteiger partial charge on any atom is 0.391 e. The Morgan fingerprint density at radius 1 is 1.25 bits per heavy atom. The zero-order valence-electron chi connectivity index (χ0n) is 11.7. The van der Waals surface area contributed by atoms with E-state index in [0.29, 0.717) is 19.6 Å². The number of halogens is 3. The Labute approximate surface area is 117 Å². The van der Waals surface area contributed by atoms with E-state index in [0.717, 1.165) is 17.7 Å². The fourth-order valence-corrected chi connectivity index (χ4v) is 2.84. The van der Waals surface area contributed by atoms with Crippen LogP contribution in [0.3, 0.4) is 0 Å². The predicted octanol–water partition coefficient (Wildman–Crippen LogP) is 3.27. The summed E-state index contributed by atoms with van der Waals surface area (Å²) in [6.45, 7) is 3.56. The van der Waals surface area contributed by atoms with Crippen LogP contribution >= 0.6 is 0 Å². The van der Waals surface area contributed by atoms with Crippen LogP contribution < -0.4 is 10.6 Å². The first kappa shape index (κ1) is 15.2. The van der Waals surface area contributed by atoms with Crippen molar-refractivity contribution in [3.8, 4) is 0 Å². The van der Waals surface area contributed by atoms with Gasteiger partial charge in [-0.25, -0.2) is 0 Å². The lowest BCUT2D eigenvalue weighted by Crippen LogP contribution is -2.39. The third-order valence-corrected chi connectivity index (χ3v) is 3.99. The highest BCUT2D eigenvalue weighted by Gasteiger charge is 2.41. The summed E-state index contributed by atoms with van der Waals surface area (Å²) in [5.74, 6) is -1.14. The summed E-state index contributed by atoms with van der Waals surface area (Å²) in [6, 6.07) is 6.11. The number of piperidine rings is 1. The highest BCUT2D eigenvalue weighted by Crippen LogP contribution is 2.36. The summed E-state index contributed by atoms with van der Waals surface area (Å²) >= 11 is 0. The van der Waals surface area contributed by atoms with Gasteiger partial charge in [0.1, 0.15) is 0 Å². The fraction of sp³-hybridized carbons (Fsp3) is 0.600. The summed E-state index contributed by atoms with van der Waals surface area (Å²) in [5.41, 5.74) is 8.87. The van der Waals surface area contributed by atoms with Crippen LogP contribution in [-0.4, -0.2) is 25.8 Å². The molecule has 0 saturated carbocycles. The van der Waals surface area contributed by atoms with Crippen molar-refractivity contribution < 1.29 is 13.2 Å². The maximum absolute atomic E-state index is 12.7. The van der Waals surface area contributed by atoms with Gasteiger partial charge < -0.3 is 10.6 Å². The average Bonchev–Trinajstić information content (AvgIpc) is 2.38. The molecule has 2 nitrogen and oxygen atoms in total. The molecule has 2 rings (SSSR count). The molecule has 20 heavy (non-hydrogen) atoms. The molecule has 1 aliphatic heterocycles. The van der Waals surface area contributed by atoms with E-state index in [9.17, 15) is 13.2 Å². The number of hydrogen-bond donors (Lipinski definition) is 1. The number of alkyl halides is 3. The minimum atomic E-state index is -4.05. The number of nitrogens with two attached hydrogens (primary N) is 1. The highest BCUT2D eigenvalue weighted by molar-refractivity contribution is 5.54. The van der Waals surface area contributed by atoms with Crippen molar-refractivity contribution in [1.29, 1.82) is 0 Å². The SMILES string of the molecule is Cc1cc(CCN)ccc1N1CCC(C(F)(F)F)CC1. The molecule has 0 bridgehead atoms. The Morgan fingerprint density at radius 3 is 2.40 bits per heavy atom. The van der Waals surface area contributed by atoms with Crippen molar-refractivity contribution in [1.82, 2.24) is 0 Å². The molecular formula is C15H21F3N2. The van der Waals surface area contributed by atoms with Gasteiger partial charge in [0.15, 0.2) is 0 Å². The minimum absolute atomic E-state index is 0.188. The number of nitrogens with zero attached hydrogens (tertiary/aromatic N) is 1. The molecule has 1 fully saturated rings. The molecule has 1 aromatic rings. The van der Waals surface area contributed by atoms with Crippen LogP contribution in [0.25, 0.3) is 0 Å². The van der Waals surface area contributed by atoms with Crippen molar-refractivity contribution in [2.45, 2.75) is 32.4 Å². The van der Waals surface area contributed by atoms with E-state index in [2.05, 4.69) is 11.0 Å². The molecular weight excluding hydrogens is 265 g/mol. The standard InChI is InChI=1S/C15H21F3N2/c1-11-10-12(4-7-19)2-3-14(11)20-8-5-13(6-9-20)15(16,17)18/h2-3,10,13H,4-9,19H2,1H3. The summed E-state index contributed by atoms with van der Waals surface area (Å²) < 4.78 is 38.0. The van der Waals surface area contributed by atoms with E-state index in [4.69, 9.17) is 5.73 Å². The van der Waals surface area contributed by atoms with E-state index in [-0.39, 0.29) is 12.8 Å². The molecule has 0 spiro atoms. The smallest absolute Gasteiger partial charge is 0.371 e. The van der Waals surface area contributed by atoms with Crippen LogP contribution in [0.15, 0.2) is 18.2 Å². The van der Waals surface area contributed by atoms with Crippen molar-refractivity contribution in [2.24, 2.45) is 11.7 Å². The van der Waals surface area contributed by atoms with Crippen LogP contribution in [0.5, 0.6) is 0 Å². The molecule has 0 aliphatic carbocycles. The molecule has 1 saturated heterocycles. The second kappa shape index (κ2) is 6.04. The number of rotatable bonds is 3. The third-order valence-electron chi connectivity index (χ3n) is 3.99. The Hall–Kier alpha value is -1.23. The highest BCUT2D eigenvalue weighted by atomic mass is 19.4. The normalized spacial score (nSPS) is 17.6. The second-order valence-corrected chi connectivity index (χ2v) is 5.46. The number of hydrogen-bond acceptors (Lipinski definition) is 2. The number of anilines is 1. The average molecular weight is 286 g/mol. The van der Waals surface area contributed by atoms with Gasteiger partial charge >= 0.3 is 6.18 Å². The lowest BCUT2D eigenvalue weighted by Gasteiger charge is -2.35. The topological polar surface area (TPSA) is 29.3 Å². The number of benzene rings is 1.